The minimum absolute atomic E-state index is 0.213. The van der Waals surface area contributed by atoms with Crippen LogP contribution in [0.4, 0.5) is 5.82 Å². The lowest BCUT2D eigenvalue weighted by atomic mass is 10.3. The molecule has 0 unspecified atom stereocenters. The van der Waals surface area contributed by atoms with Crippen LogP contribution in [-0.2, 0) is 10.0 Å². The lowest BCUT2D eigenvalue weighted by molar-refractivity contribution is 0.383. The lowest BCUT2D eigenvalue weighted by Gasteiger charge is -2.34. The van der Waals surface area contributed by atoms with E-state index in [9.17, 15) is 8.42 Å². The fourth-order valence-electron chi connectivity index (χ4n) is 2.84. The van der Waals surface area contributed by atoms with E-state index in [2.05, 4.69) is 19.9 Å². The van der Waals surface area contributed by atoms with E-state index in [4.69, 9.17) is 0 Å². The van der Waals surface area contributed by atoms with Crippen LogP contribution in [0, 0.1) is 6.92 Å². The molecule has 0 amide bonds. The Bertz CT molecular complexity index is 796. The monoisotopic (exact) mass is 350 g/mol. The smallest absolute Gasteiger partial charge is 0.214 e. The van der Waals surface area contributed by atoms with Gasteiger partial charge in [0.05, 0.1) is 5.75 Å². The molecule has 1 saturated heterocycles. The molecule has 3 rings (SSSR count). The van der Waals surface area contributed by atoms with Crippen LogP contribution in [0.2, 0.25) is 0 Å². The molecular weight excluding hydrogens is 328 g/mol. The van der Waals surface area contributed by atoms with E-state index in [0.717, 1.165) is 17.5 Å². The predicted octanol–water partition coefficient (Wildman–Crippen LogP) is 0.833. The quantitative estimate of drug-likeness (QED) is 0.794. The molecule has 3 heterocycles. The first-order valence-corrected chi connectivity index (χ1v) is 9.67. The Balaban J connectivity index is 1.72. The molecule has 0 aliphatic carbocycles. The summed E-state index contributed by atoms with van der Waals surface area (Å²) in [5.74, 6) is 2.64. The summed E-state index contributed by atoms with van der Waals surface area (Å²) in [4.78, 5) is 14.9. The van der Waals surface area contributed by atoms with E-state index in [0.29, 0.717) is 32.6 Å². The second-order valence-corrected chi connectivity index (χ2v) is 7.87. The Morgan fingerprint density at radius 1 is 1.08 bits per heavy atom. The largest absolute Gasteiger partial charge is 0.354 e. The first-order chi connectivity index (χ1) is 11.5. The molecule has 1 fully saturated rings. The van der Waals surface area contributed by atoms with E-state index < -0.39 is 10.0 Å². The summed E-state index contributed by atoms with van der Waals surface area (Å²) in [5.41, 5.74) is 0. The second-order valence-electron chi connectivity index (χ2n) is 5.78. The van der Waals surface area contributed by atoms with Crippen LogP contribution in [0.15, 0.2) is 24.8 Å². The molecular formula is C15H22N6O2S. The van der Waals surface area contributed by atoms with Gasteiger partial charge in [-0.1, -0.05) is 6.92 Å². The van der Waals surface area contributed by atoms with Gasteiger partial charge >= 0.3 is 0 Å². The summed E-state index contributed by atoms with van der Waals surface area (Å²) in [7, 11) is -3.13. The predicted molar refractivity (Wildman–Crippen MR) is 91.8 cm³/mol. The van der Waals surface area contributed by atoms with Gasteiger partial charge in [-0.3, -0.25) is 4.57 Å². The zero-order valence-corrected chi connectivity index (χ0v) is 14.8. The zero-order valence-electron chi connectivity index (χ0n) is 14.0. The van der Waals surface area contributed by atoms with Gasteiger partial charge in [0.25, 0.3) is 0 Å². The van der Waals surface area contributed by atoms with Crippen molar-refractivity contribution in [3.05, 3.63) is 30.6 Å². The summed E-state index contributed by atoms with van der Waals surface area (Å²) in [5, 5.41) is 0. The minimum atomic E-state index is -3.13. The van der Waals surface area contributed by atoms with E-state index >= 15 is 0 Å². The van der Waals surface area contributed by atoms with Crippen LogP contribution >= 0.6 is 0 Å². The third kappa shape index (κ3) is 3.41. The number of nitrogens with zero attached hydrogens (tertiary/aromatic N) is 6. The summed E-state index contributed by atoms with van der Waals surface area (Å²) >= 11 is 0. The first-order valence-electron chi connectivity index (χ1n) is 8.06. The van der Waals surface area contributed by atoms with E-state index in [1.165, 1.54) is 6.33 Å². The fraction of sp³-hybridized carbons (Fsp3) is 0.533. The summed E-state index contributed by atoms with van der Waals surface area (Å²) < 4.78 is 27.8. The Morgan fingerprint density at radius 2 is 1.79 bits per heavy atom. The van der Waals surface area contributed by atoms with Crippen LogP contribution in [-0.4, -0.2) is 64.2 Å². The van der Waals surface area contributed by atoms with Crippen molar-refractivity contribution in [1.29, 1.82) is 0 Å². The van der Waals surface area contributed by atoms with Crippen molar-refractivity contribution >= 4 is 15.8 Å². The molecule has 8 nitrogen and oxygen atoms in total. The Labute approximate surface area is 142 Å². The van der Waals surface area contributed by atoms with Crippen LogP contribution in [0.3, 0.4) is 0 Å². The average molecular weight is 350 g/mol. The number of rotatable bonds is 5. The number of aryl methyl sites for hydroxylation is 1. The Hall–Kier alpha value is -2.00. The molecule has 0 atom stereocenters. The standard InChI is InChI=1S/C15H22N6O2S/c1-3-10-24(22,23)20-8-6-19(7-9-20)14-11-15(18-12-17-14)21-5-4-16-13(21)2/h4-5,11-12H,3,6-10H2,1-2H3. The van der Waals surface area contributed by atoms with Crippen LogP contribution < -0.4 is 4.90 Å². The van der Waals surface area contributed by atoms with Gasteiger partial charge in [-0.2, -0.15) is 4.31 Å². The molecule has 2 aromatic rings. The molecule has 0 N–H and O–H groups in total. The van der Waals surface area contributed by atoms with Gasteiger partial charge in [0, 0.05) is 44.6 Å². The van der Waals surface area contributed by atoms with E-state index in [1.54, 1.807) is 10.5 Å². The summed E-state index contributed by atoms with van der Waals surface area (Å²) in [6.07, 6.45) is 5.76. The number of imidazole rings is 1. The molecule has 9 heteroatoms. The van der Waals surface area contributed by atoms with Gasteiger partial charge in [-0.25, -0.2) is 23.4 Å². The molecule has 0 saturated carbocycles. The molecule has 2 aromatic heterocycles. The highest BCUT2D eigenvalue weighted by molar-refractivity contribution is 7.89. The minimum Gasteiger partial charge on any atom is -0.354 e. The van der Waals surface area contributed by atoms with E-state index in [-0.39, 0.29) is 5.75 Å². The zero-order chi connectivity index (χ0) is 17.2. The maximum Gasteiger partial charge on any atom is 0.214 e. The van der Waals surface area contributed by atoms with Gasteiger partial charge < -0.3 is 4.90 Å². The number of anilines is 1. The van der Waals surface area contributed by atoms with Crippen molar-refractivity contribution in [3.63, 3.8) is 0 Å². The number of aromatic nitrogens is 4. The van der Waals surface area contributed by atoms with Crippen LogP contribution in [0.5, 0.6) is 0 Å². The van der Waals surface area contributed by atoms with Crippen LogP contribution in [0.25, 0.3) is 5.82 Å². The summed E-state index contributed by atoms with van der Waals surface area (Å²) in [6.45, 7) is 6.04. The molecule has 0 aromatic carbocycles. The molecule has 1 aliphatic rings. The van der Waals surface area contributed by atoms with Gasteiger partial charge in [0.1, 0.15) is 23.8 Å². The highest BCUT2D eigenvalue weighted by atomic mass is 32.2. The normalized spacial score (nSPS) is 16.5. The SMILES string of the molecule is CCCS(=O)(=O)N1CCN(c2cc(-n3ccnc3C)ncn2)CC1. The van der Waals surface area contributed by atoms with Crippen molar-refractivity contribution in [1.82, 2.24) is 23.8 Å². The maximum absolute atomic E-state index is 12.1. The van der Waals surface area contributed by atoms with Crippen LogP contribution in [0.1, 0.15) is 19.2 Å². The number of hydrogen-bond acceptors (Lipinski definition) is 6. The third-order valence-electron chi connectivity index (χ3n) is 4.13. The molecule has 0 radical (unpaired) electrons. The highest BCUT2D eigenvalue weighted by Crippen LogP contribution is 2.18. The van der Waals surface area contributed by atoms with Gasteiger partial charge in [0.2, 0.25) is 10.0 Å². The molecule has 24 heavy (non-hydrogen) atoms. The van der Waals surface area contributed by atoms with Crippen molar-refractivity contribution in [2.45, 2.75) is 20.3 Å². The molecule has 130 valence electrons. The number of piperazine rings is 1. The van der Waals surface area contributed by atoms with E-state index in [1.807, 2.05) is 30.7 Å². The fourth-order valence-corrected chi connectivity index (χ4v) is 4.34. The van der Waals surface area contributed by atoms with Crippen molar-refractivity contribution < 1.29 is 8.42 Å². The number of hydrogen-bond donors (Lipinski definition) is 0. The van der Waals surface area contributed by atoms with Gasteiger partial charge in [0.15, 0.2) is 0 Å². The summed E-state index contributed by atoms with van der Waals surface area (Å²) in [6, 6.07) is 1.91. The van der Waals surface area contributed by atoms with Gasteiger partial charge in [-0.05, 0) is 13.3 Å². The van der Waals surface area contributed by atoms with Crippen molar-refractivity contribution in [2.75, 3.05) is 36.8 Å². The second kappa shape index (κ2) is 6.86. The lowest BCUT2D eigenvalue weighted by Crippen LogP contribution is -2.49. The average Bonchev–Trinajstić information content (AvgIpc) is 3.01. The number of sulfonamides is 1. The van der Waals surface area contributed by atoms with Crippen molar-refractivity contribution in [2.24, 2.45) is 0 Å². The molecule has 0 bridgehead atoms. The van der Waals surface area contributed by atoms with Crippen molar-refractivity contribution in [3.8, 4) is 5.82 Å². The topological polar surface area (TPSA) is 84.2 Å². The Morgan fingerprint density at radius 3 is 2.42 bits per heavy atom. The molecule has 1 aliphatic heterocycles. The first kappa shape index (κ1) is 16.8. The third-order valence-corrected chi connectivity index (χ3v) is 6.20. The molecule has 0 spiro atoms. The Kier molecular flexibility index (Phi) is 4.81. The highest BCUT2D eigenvalue weighted by Gasteiger charge is 2.26. The van der Waals surface area contributed by atoms with Gasteiger partial charge in [-0.15, -0.1) is 0 Å². The maximum atomic E-state index is 12.1.